The molecule has 0 aliphatic carbocycles. The minimum atomic E-state index is -0.117. The molecular formula is C18H22FN. The summed E-state index contributed by atoms with van der Waals surface area (Å²) in [7, 11) is 0. The molecule has 0 amide bonds. The lowest BCUT2D eigenvalue weighted by Gasteiger charge is -2.16. The van der Waals surface area contributed by atoms with E-state index in [-0.39, 0.29) is 11.9 Å². The van der Waals surface area contributed by atoms with Gasteiger partial charge in [-0.3, -0.25) is 0 Å². The Morgan fingerprint density at radius 3 is 2.50 bits per heavy atom. The average Bonchev–Trinajstić information content (AvgIpc) is 2.44. The predicted molar refractivity (Wildman–Crippen MR) is 82.4 cm³/mol. The fourth-order valence-corrected chi connectivity index (χ4v) is 2.28. The van der Waals surface area contributed by atoms with Crippen molar-refractivity contribution >= 4 is 0 Å². The van der Waals surface area contributed by atoms with E-state index in [0.29, 0.717) is 6.42 Å². The molecule has 1 N–H and O–H groups in total. The maximum absolute atomic E-state index is 13.5. The molecule has 20 heavy (non-hydrogen) atoms. The van der Waals surface area contributed by atoms with Gasteiger partial charge in [-0.05, 0) is 62.1 Å². The highest BCUT2D eigenvalue weighted by Crippen LogP contribution is 2.16. The summed E-state index contributed by atoms with van der Waals surface area (Å²) in [6.45, 7) is 7.17. The Bertz CT molecular complexity index is 577. The molecular weight excluding hydrogens is 249 g/mol. The number of halogens is 1. The highest BCUT2D eigenvalue weighted by atomic mass is 19.1. The maximum atomic E-state index is 13.5. The van der Waals surface area contributed by atoms with Crippen molar-refractivity contribution in [3.05, 3.63) is 70.5 Å². The van der Waals surface area contributed by atoms with Gasteiger partial charge in [0.05, 0.1) is 0 Å². The molecule has 1 nitrogen and oxygen atoms in total. The van der Waals surface area contributed by atoms with Gasteiger partial charge in [-0.15, -0.1) is 0 Å². The molecule has 106 valence electrons. The van der Waals surface area contributed by atoms with Crippen LogP contribution in [0.1, 0.15) is 35.2 Å². The smallest absolute Gasteiger partial charge is 0.126 e. The van der Waals surface area contributed by atoms with Crippen molar-refractivity contribution in [3.8, 4) is 0 Å². The van der Waals surface area contributed by atoms with Crippen molar-refractivity contribution in [2.24, 2.45) is 0 Å². The zero-order valence-corrected chi connectivity index (χ0v) is 12.4. The zero-order valence-electron chi connectivity index (χ0n) is 12.4. The largest absolute Gasteiger partial charge is 0.310 e. The van der Waals surface area contributed by atoms with Crippen LogP contribution in [0.4, 0.5) is 4.39 Å². The van der Waals surface area contributed by atoms with E-state index < -0.39 is 0 Å². The van der Waals surface area contributed by atoms with Crippen LogP contribution in [-0.4, -0.2) is 6.54 Å². The number of hydrogen-bond acceptors (Lipinski definition) is 1. The molecule has 2 heteroatoms. The van der Waals surface area contributed by atoms with Gasteiger partial charge >= 0.3 is 0 Å². The zero-order chi connectivity index (χ0) is 14.5. The Kier molecular flexibility index (Phi) is 4.91. The first kappa shape index (κ1) is 14.7. The summed E-state index contributed by atoms with van der Waals surface area (Å²) in [5.74, 6) is -0.117. The van der Waals surface area contributed by atoms with E-state index in [4.69, 9.17) is 0 Å². The summed E-state index contributed by atoms with van der Waals surface area (Å²) in [5, 5.41) is 3.45. The molecule has 0 saturated carbocycles. The molecule has 2 aromatic carbocycles. The van der Waals surface area contributed by atoms with Gasteiger partial charge in [-0.1, -0.05) is 36.4 Å². The van der Waals surface area contributed by atoms with Crippen LogP contribution in [0.15, 0.2) is 42.5 Å². The van der Waals surface area contributed by atoms with Gasteiger partial charge in [0, 0.05) is 6.04 Å². The second-order valence-corrected chi connectivity index (χ2v) is 5.36. The second kappa shape index (κ2) is 6.67. The number of nitrogens with one attached hydrogen (secondary N) is 1. The first-order chi connectivity index (χ1) is 9.58. The minimum absolute atomic E-state index is 0.117. The SMILES string of the molecule is Cc1ccc(C(C)NCCc2ccccc2F)cc1C. The quantitative estimate of drug-likeness (QED) is 0.853. The monoisotopic (exact) mass is 271 g/mol. The Balaban J connectivity index is 1.90. The second-order valence-electron chi connectivity index (χ2n) is 5.36. The highest BCUT2D eigenvalue weighted by Gasteiger charge is 2.06. The Morgan fingerprint density at radius 2 is 1.80 bits per heavy atom. The van der Waals surface area contributed by atoms with Gasteiger partial charge in [0.15, 0.2) is 0 Å². The van der Waals surface area contributed by atoms with E-state index in [1.165, 1.54) is 22.8 Å². The summed E-state index contributed by atoms with van der Waals surface area (Å²) in [4.78, 5) is 0. The average molecular weight is 271 g/mol. The van der Waals surface area contributed by atoms with Crippen molar-refractivity contribution < 1.29 is 4.39 Å². The molecule has 0 heterocycles. The third-order valence-corrected chi connectivity index (χ3v) is 3.83. The van der Waals surface area contributed by atoms with Crippen molar-refractivity contribution in [3.63, 3.8) is 0 Å². The van der Waals surface area contributed by atoms with E-state index in [9.17, 15) is 4.39 Å². The van der Waals surface area contributed by atoms with E-state index in [1.807, 2.05) is 12.1 Å². The van der Waals surface area contributed by atoms with Crippen molar-refractivity contribution in [1.82, 2.24) is 5.32 Å². The number of rotatable bonds is 5. The van der Waals surface area contributed by atoms with Gasteiger partial charge in [-0.25, -0.2) is 4.39 Å². The normalized spacial score (nSPS) is 12.4. The molecule has 2 aromatic rings. The summed E-state index contributed by atoms with van der Waals surface area (Å²) in [6, 6.07) is 13.8. The minimum Gasteiger partial charge on any atom is -0.310 e. The predicted octanol–water partition coefficient (Wildman–Crippen LogP) is 4.34. The third-order valence-electron chi connectivity index (χ3n) is 3.83. The van der Waals surface area contributed by atoms with Crippen LogP contribution in [0.3, 0.4) is 0 Å². The molecule has 0 aliphatic heterocycles. The lowest BCUT2D eigenvalue weighted by atomic mass is 10.0. The number of benzene rings is 2. The van der Waals surface area contributed by atoms with Crippen LogP contribution in [0.25, 0.3) is 0 Å². The molecule has 1 atom stereocenters. The van der Waals surface area contributed by atoms with E-state index in [1.54, 1.807) is 6.07 Å². The van der Waals surface area contributed by atoms with Gasteiger partial charge in [0.2, 0.25) is 0 Å². The number of aryl methyl sites for hydroxylation is 2. The molecule has 2 rings (SSSR count). The Morgan fingerprint density at radius 1 is 1.05 bits per heavy atom. The number of hydrogen-bond donors (Lipinski definition) is 1. The lowest BCUT2D eigenvalue weighted by molar-refractivity contribution is 0.559. The van der Waals surface area contributed by atoms with Crippen molar-refractivity contribution in [2.45, 2.75) is 33.2 Å². The van der Waals surface area contributed by atoms with E-state index >= 15 is 0 Å². The molecule has 0 saturated heterocycles. The molecule has 1 unspecified atom stereocenters. The van der Waals surface area contributed by atoms with Crippen LogP contribution in [0, 0.1) is 19.7 Å². The fourth-order valence-electron chi connectivity index (χ4n) is 2.28. The van der Waals surface area contributed by atoms with E-state index in [0.717, 1.165) is 12.1 Å². The molecule has 0 aromatic heterocycles. The molecule has 0 fully saturated rings. The Hall–Kier alpha value is -1.67. The summed E-state index contributed by atoms with van der Waals surface area (Å²) in [5.41, 5.74) is 4.67. The Labute approximate surface area is 120 Å². The standard InChI is InChI=1S/C18H22FN/c1-13-8-9-17(12-14(13)2)15(3)20-11-10-16-6-4-5-7-18(16)19/h4-9,12,15,20H,10-11H2,1-3H3. The highest BCUT2D eigenvalue weighted by molar-refractivity contribution is 5.31. The van der Waals surface area contributed by atoms with Gasteiger partial charge < -0.3 is 5.32 Å². The van der Waals surface area contributed by atoms with Gasteiger partial charge in [0.1, 0.15) is 5.82 Å². The molecule has 0 aliphatic rings. The molecule has 0 spiro atoms. The summed E-state index contributed by atoms with van der Waals surface area (Å²) in [6.07, 6.45) is 0.710. The van der Waals surface area contributed by atoms with Crippen LogP contribution in [0.5, 0.6) is 0 Å². The topological polar surface area (TPSA) is 12.0 Å². The van der Waals surface area contributed by atoms with Crippen LogP contribution < -0.4 is 5.32 Å². The first-order valence-corrected chi connectivity index (χ1v) is 7.12. The van der Waals surface area contributed by atoms with Crippen LogP contribution in [0.2, 0.25) is 0 Å². The fraction of sp³-hybridized carbons (Fsp3) is 0.333. The molecule has 0 bridgehead atoms. The third kappa shape index (κ3) is 3.67. The van der Waals surface area contributed by atoms with Gasteiger partial charge in [-0.2, -0.15) is 0 Å². The van der Waals surface area contributed by atoms with Crippen LogP contribution in [-0.2, 0) is 6.42 Å². The van der Waals surface area contributed by atoms with Crippen LogP contribution >= 0.6 is 0 Å². The van der Waals surface area contributed by atoms with Crippen molar-refractivity contribution in [1.29, 1.82) is 0 Å². The first-order valence-electron chi connectivity index (χ1n) is 7.12. The van der Waals surface area contributed by atoms with E-state index in [2.05, 4.69) is 44.3 Å². The van der Waals surface area contributed by atoms with Gasteiger partial charge in [0.25, 0.3) is 0 Å². The molecule has 0 radical (unpaired) electrons. The summed E-state index contributed by atoms with van der Waals surface area (Å²) < 4.78 is 13.5. The lowest BCUT2D eigenvalue weighted by Crippen LogP contribution is -2.21. The van der Waals surface area contributed by atoms with Crippen molar-refractivity contribution in [2.75, 3.05) is 6.54 Å². The summed E-state index contributed by atoms with van der Waals surface area (Å²) >= 11 is 0. The maximum Gasteiger partial charge on any atom is 0.126 e.